The lowest BCUT2D eigenvalue weighted by Gasteiger charge is -2.21. The Morgan fingerprint density at radius 2 is 1.36 bits per heavy atom. The fraction of sp³-hybridized carbons (Fsp3) is 0.250. The number of sulfonamides is 1. The normalized spacial score (nSPS) is 10.9. The first kappa shape index (κ1) is 18.7. The highest BCUT2D eigenvalue weighted by Gasteiger charge is 2.25. The van der Waals surface area contributed by atoms with Crippen LogP contribution in [0.4, 0.5) is 5.69 Å². The van der Waals surface area contributed by atoms with Gasteiger partial charge < -0.3 is 18.9 Å². The van der Waals surface area contributed by atoms with Crippen LogP contribution in [0, 0.1) is 0 Å². The lowest BCUT2D eigenvalue weighted by Crippen LogP contribution is -2.37. The van der Waals surface area contributed by atoms with Crippen molar-refractivity contribution in [3.8, 4) is 23.0 Å². The average molecular weight is 368 g/mol. The number of hydrazine groups is 1. The minimum atomic E-state index is -3.98. The highest BCUT2D eigenvalue weighted by atomic mass is 32.2. The van der Waals surface area contributed by atoms with Crippen LogP contribution >= 0.6 is 0 Å². The molecule has 0 saturated heterocycles. The third-order valence-corrected chi connectivity index (χ3v) is 5.12. The van der Waals surface area contributed by atoms with Crippen LogP contribution in [0.2, 0.25) is 0 Å². The highest BCUT2D eigenvalue weighted by Crippen LogP contribution is 2.41. The van der Waals surface area contributed by atoms with Crippen LogP contribution in [0.15, 0.2) is 41.3 Å². The molecule has 0 atom stereocenters. The molecule has 0 spiro atoms. The van der Waals surface area contributed by atoms with Crippen molar-refractivity contribution in [2.45, 2.75) is 4.90 Å². The number of nitrogens with two attached hydrogens (primary N) is 1. The quantitative estimate of drug-likeness (QED) is 0.587. The highest BCUT2D eigenvalue weighted by molar-refractivity contribution is 7.92. The van der Waals surface area contributed by atoms with Crippen LogP contribution in [0.1, 0.15) is 0 Å². The van der Waals surface area contributed by atoms with Crippen molar-refractivity contribution < 1.29 is 27.4 Å². The first-order valence-corrected chi connectivity index (χ1v) is 8.57. The monoisotopic (exact) mass is 368 g/mol. The zero-order valence-electron chi connectivity index (χ0n) is 14.3. The maximum Gasteiger partial charge on any atom is 0.277 e. The molecule has 8 nitrogen and oxygen atoms in total. The topological polar surface area (TPSA) is 100 Å². The number of benzene rings is 2. The molecule has 0 saturated carbocycles. The molecule has 0 bridgehead atoms. The summed E-state index contributed by atoms with van der Waals surface area (Å²) < 4.78 is 46.8. The van der Waals surface area contributed by atoms with E-state index in [0.29, 0.717) is 15.9 Å². The summed E-state index contributed by atoms with van der Waals surface area (Å²) in [5, 5.41) is 0. The number of rotatable bonds is 7. The zero-order chi connectivity index (χ0) is 18.6. The van der Waals surface area contributed by atoms with Gasteiger partial charge in [-0.3, -0.25) is 0 Å². The van der Waals surface area contributed by atoms with E-state index in [2.05, 4.69) is 0 Å². The molecule has 0 fully saturated rings. The first-order valence-electron chi connectivity index (χ1n) is 7.13. The second-order valence-corrected chi connectivity index (χ2v) is 6.67. The summed E-state index contributed by atoms with van der Waals surface area (Å²) in [6.07, 6.45) is 0. The predicted octanol–water partition coefficient (Wildman–Crippen LogP) is 1.79. The third-order valence-electron chi connectivity index (χ3n) is 3.52. The van der Waals surface area contributed by atoms with Gasteiger partial charge in [-0.15, -0.1) is 0 Å². The average Bonchev–Trinajstić information content (AvgIpc) is 2.65. The Hall–Kier alpha value is -2.65. The molecule has 0 aliphatic rings. The van der Waals surface area contributed by atoms with E-state index >= 15 is 0 Å². The van der Waals surface area contributed by atoms with E-state index in [1.54, 1.807) is 0 Å². The SMILES string of the molecule is COc1ccc(S(=O)(=O)N(N)c2cc(OC)c(OC)c(OC)c2)cc1. The second-order valence-electron chi connectivity index (χ2n) is 4.86. The largest absolute Gasteiger partial charge is 0.497 e. The Morgan fingerprint density at radius 3 is 1.76 bits per heavy atom. The van der Waals surface area contributed by atoms with Crippen molar-refractivity contribution >= 4 is 15.7 Å². The molecule has 0 unspecified atom stereocenters. The van der Waals surface area contributed by atoms with Crippen LogP contribution in [-0.2, 0) is 10.0 Å². The number of hydrogen-bond acceptors (Lipinski definition) is 7. The van der Waals surface area contributed by atoms with Gasteiger partial charge in [-0.1, -0.05) is 0 Å². The van der Waals surface area contributed by atoms with Gasteiger partial charge in [0.25, 0.3) is 10.0 Å². The minimum absolute atomic E-state index is 0.0181. The van der Waals surface area contributed by atoms with Crippen LogP contribution in [-0.4, -0.2) is 36.9 Å². The molecule has 2 aromatic rings. The van der Waals surface area contributed by atoms with Gasteiger partial charge in [0.05, 0.1) is 39.0 Å². The van der Waals surface area contributed by atoms with Gasteiger partial charge in [0.15, 0.2) is 11.5 Å². The van der Waals surface area contributed by atoms with Crippen molar-refractivity contribution in [3.63, 3.8) is 0 Å². The summed E-state index contributed by atoms with van der Waals surface area (Å²) in [7, 11) is 1.83. The lowest BCUT2D eigenvalue weighted by molar-refractivity contribution is 0.324. The molecule has 25 heavy (non-hydrogen) atoms. The molecule has 2 aromatic carbocycles. The summed E-state index contributed by atoms with van der Waals surface area (Å²) in [5.41, 5.74) is 0.158. The van der Waals surface area contributed by atoms with Crippen molar-refractivity contribution in [2.75, 3.05) is 32.9 Å². The van der Waals surface area contributed by atoms with Gasteiger partial charge in [-0.2, -0.15) is 8.42 Å². The van der Waals surface area contributed by atoms with Crippen molar-refractivity contribution in [1.29, 1.82) is 0 Å². The summed E-state index contributed by atoms with van der Waals surface area (Å²) >= 11 is 0. The van der Waals surface area contributed by atoms with Gasteiger partial charge in [-0.25, -0.2) is 10.3 Å². The molecule has 0 amide bonds. The first-order chi connectivity index (χ1) is 11.9. The summed E-state index contributed by atoms with van der Waals surface area (Å²) in [4.78, 5) is 0.0181. The van der Waals surface area contributed by atoms with Crippen LogP contribution in [0.5, 0.6) is 23.0 Å². The van der Waals surface area contributed by atoms with Crippen molar-refractivity contribution in [3.05, 3.63) is 36.4 Å². The number of ether oxygens (including phenoxy) is 4. The van der Waals surface area contributed by atoms with E-state index in [0.717, 1.165) is 0 Å². The van der Waals surface area contributed by atoms with Gasteiger partial charge in [0.2, 0.25) is 5.75 Å². The van der Waals surface area contributed by atoms with Gasteiger partial charge in [0.1, 0.15) is 5.75 Å². The van der Waals surface area contributed by atoms with E-state index in [9.17, 15) is 8.42 Å². The maximum absolute atomic E-state index is 12.7. The molecule has 136 valence electrons. The van der Waals surface area contributed by atoms with Crippen LogP contribution in [0.3, 0.4) is 0 Å². The smallest absolute Gasteiger partial charge is 0.277 e. The van der Waals surface area contributed by atoms with Crippen molar-refractivity contribution in [1.82, 2.24) is 0 Å². The Kier molecular flexibility index (Phi) is 5.60. The number of anilines is 1. The Balaban J connectivity index is 2.49. The van der Waals surface area contributed by atoms with Gasteiger partial charge >= 0.3 is 0 Å². The fourth-order valence-corrected chi connectivity index (χ4v) is 3.28. The summed E-state index contributed by atoms with van der Waals surface area (Å²) in [6.45, 7) is 0. The molecular weight excluding hydrogens is 348 g/mol. The van der Waals surface area contributed by atoms with E-state index in [-0.39, 0.29) is 22.1 Å². The molecule has 0 aliphatic heterocycles. The Labute approximate surface area is 146 Å². The minimum Gasteiger partial charge on any atom is -0.497 e. The molecule has 2 rings (SSSR count). The fourth-order valence-electron chi connectivity index (χ4n) is 2.19. The molecule has 0 aliphatic carbocycles. The Morgan fingerprint density at radius 1 is 0.840 bits per heavy atom. The van der Waals surface area contributed by atoms with E-state index in [1.807, 2.05) is 0 Å². The molecule has 9 heteroatoms. The summed E-state index contributed by atoms with van der Waals surface area (Å²) in [5.74, 6) is 7.33. The third kappa shape index (κ3) is 3.57. The lowest BCUT2D eigenvalue weighted by atomic mass is 10.2. The maximum atomic E-state index is 12.7. The van der Waals surface area contributed by atoms with E-state index < -0.39 is 10.0 Å². The number of nitrogens with zero attached hydrogens (tertiary/aromatic N) is 1. The molecule has 0 radical (unpaired) electrons. The molecule has 2 N–H and O–H groups in total. The Bertz CT molecular complexity index is 811. The van der Waals surface area contributed by atoms with E-state index in [4.69, 9.17) is 24.8 Å². The van der Waals surface area contributed by atoms with Gasteiger partial charge in [0, 0.05) is 12.1 Å². The number of methoxy groups -OCH3 is 4. The number of hydrogen-bond donors (Lipinski definition) is 1. The van der Waals surface area contributed by atoms with Gasteiger partial charge in [-0.05, 0) is 24.3 Å². The van der Waals surface area contributed by atoms with Crippen LogP contribution < -0.4 is 29.2 Å². The van der Waals surface area contributed by atoms with E-state index in [1.165, 1.54) is 64.8 Å². The summed E-state index contributed by atoms with van der Waals surface area (Å²) in [6, 6.07) is 8.79. The second kappa shape index (κ2) is 7.49. The predicted molar refractivity (Wildman–Crippen MR) is 92.9 cm³/mol. The molecule has 0 heterocycles. The standard InChI is InChI=1S/C16H20N2O6S/c1-21-12-5-7-13(8-6-12)25(19,20)18(17)11-9-14(22-2)16(24-4)15(10-11)23-3/h5-10H,17H2,1-4H3. The molecular formula is C16H20N2O6S. The van der Waals surface area contributed by atoms with Crippen molar-refractivity contribution in [2.24, 2.45) is 5.84 Å². The zero-order valence-corrected chi connectivity index (χ0v) is 15.2. The molecule has 0 aromatic heterocycles. The van der Waals surface area contributed by atoms with Crippen LogP contribution in [0.25, 0.3) is 0 Å².